The van der Waals surface area contributed by atoms with Crippen LogP contribution in [0.2, 0.25) is 5.02 Å². The number of aromatic nitrogens is 5. The van der Waals surface area contributed by atoms with Gasteiger partial charge in [0, 0.05) is 30.3 Å². The lowest BCUT2D eigenvalue weighted by Gasteiger charge is -2.10. The fourth-order valence-corrected chi connectivity index (χ4v) is 2.52. The molecule has 0 fully saturated rings. The van der Waals surface area contributed by atoms with Gasteiger partial charge in [-0.1, -0.05) is 35.0 Å². The summed E-state index contributed by atoms with van der Waals surface area (Å²) in [6, 6.07) is 9.20. The number of halogens is 1. The van der Waals surface area contributed by atoms with Gasteiger partial charge in [-0.15, -0.1) is 5.10 Å². The first-order valence-corrected chi connectivity index (χ1v) is 8.08. The predicted molar refractivity (Wildman–Crippen MR) is 92.2 cm³/mol. The molecule has 2 heterocycles. The van der Waals surface area contributed by atoms with E-state index in [4.69, 9.17) is 16.7 Å². The number of benzene rings is 1. The summed E-state index contributed by atoms with van der Waals surface area (Å²) in [7, 11) is 0. The van der Waals surface area contributed by atoms with E-state index in [1.807, 2.05) is 24.3 Å². The van der Waals surface area contributed by atoms with Crippen LogP contribution in [-0.2, 0) is 24.3 Å². The van der Waals surface area contributed by atoms with E-state index in [2.05, 4.69) is 20.7 Å². The van der Waals surface area contributed by atoms with Crippen molar-refractivity contribution in [3.05, 3.63) is 59.0 Å². The molecule has 0 saturated heterocycles. The number of anilines is 1. The van der Waals surface area contributed by atoms with Gasteiger partial charge in [0.1, 0.15) is 12.4 Å². The molecule has 3 rings (SSSR count). The van der Waals surface area contributed by atoms with E-state index in [1.54, 1.807) is 23.1 Å². The number of aliphatic hydroxyl groups excluding tert-OH is 1. The summed E-state index contributed by atoms with van der Waals surface area (Å²) < 4.78 is 3.09. The smallest absolute Gasteiger partial charge is 0.247 e. The van der Waals surface area contributed by atoms with Crippen LogP contribution >= 0.6 is 11.6 Å². The molecule has 25 heavy (non-hydrogen) atoms. The summed E-state index contributed by atoms with van der Waals surface area (Å²) in [5.74, 6) is 0.321. The van der Waals surface area contributed by atoms with Crippen molar-refractivity contribution >= 4 is 23.3 Å². The molecule has 0 atom stereocenters. The molecule has 0 aliphatic rings. The average Bonchev–Trinajstić information content (AvgIpc) is 3.20. The third-order valence-corrected chi connectivity index (χ3v) is 3.89. The third kappa shape index (κ3) is 4.43. The molecule has 3 aromatic rings. The van der Waals surface area contributed by atoms with Gasteiger partial charge < -0.3 is 10.4 Å². The number of amides is 1. The Kier molecular flexibility index (Phi) is 5.42. The molecule has 1 amide bonds. The topological polar surface area (TPSA) is 97.9 Å². The van der Waals surface area contributed by atoms with Crippen LogP contribution in [-0.4, -0.2) is 42.4 Å². The number of aliphatic hydroxyl groups is 1. The zero-order valence-electron chi connectivity index (χ0n) is 13.3. The first-order valence-electron chi connectivity index (χ1n) is 7.70. The van der Waals surface area contributed by atoms with Crippen molar-refractivity contribution in [3.8, 4) is 0 Å². The fourth-order valence-electron chi connectivity index (χ4n) is 2.33. The lowest BCUT2D eigenvalue weighted by molar-refractivity contribution is -0.117. The van der Waals surface area contributed by atoms with E-state index < -0.39 is 0 Å². The second-order valence-electron chi connectivity index (χ2n) is 5.39. The van der Waals surface area contributed by atoms with Crippen molar-refractivity contribution < 1.29 is 9.90 Å². The summed E-state index contributed by atoms with van der Waals surface area (Å²) in [6.07, 6.45) is 3.66. The Bertz CT molecular complexity index is 860. The second-order valence-corrected chi connectivity index (χ2v) is 5.80. The van der Waals surface area contributed by atoms with Gasteiger partial charge in [0.2, 0.25) is 5.91 Å². The lowest BCUT2D eigenvalue weighted by atomic mass is 10.2. The van der Waals surface area contributed by atoms with Crippen LogP contribution in [0.25, 0.3) is 0 Å². The molecule has 0 radical (unpaired) electrons. The van der Waals surface area contributed by atoms with Crippen molar-refractivity contribution in [2.24, 2.45) is 0 Å². The Labute approximate surface area is 149 Å². The van der Waals surface area contributed by atoms with Gasteiger partial charge in [0.05, 0.1) is 18.4 Å². The number of hydrogen-bond acceptors (Lipinski definition) is 5. The molecular formula is C16H17ClN6O2. The van der Waals surface area contributed by atoms with Crippen LogP contribution in [0.1, 0.15) is 11.3 Å². The predicted octanol–water partition coefficient (Wildman–Crippen LogP) is 1.35. The Balaban J connectivity index is 1.64. The van der Waals surface area contributed by atoms with Gasteiger partial charge in [-0.05, 0) is 11.6 Å². The van der Waals surface area contributed by atoms with Crippen molar-refractivity contribution in [1.29, 1.82) is 0 Å². The molecule has 0 unspecified atom stereocenters. The minimum atomic E-state index is -0.249. The maximum absolute atomic E-state index is 12.2. The number of nitrogens with one attached hydrogen (secondary N) is 1. The van der Waals surface area contributed by atoms with Gasteiger partial charge >= 0.3 is 0 Å². The monoisotopic (exact) mass is 360 g/mol. The number of nitrogens with zero attached hydrogens (tertiary/aromatic N) is 5. The summed E-state index contributed by atoms with van der Waals surface area (Å²) in [5, 5.41) is 24.3. The van der Waals surface area contributed by atoms with Crippen LogP contribution in [0.15, 0.2) is 42.7 Å². The van der Waals surface area contributed by atoms with Gasteiger partial charge in [-0.25, -0.2) is 9.36 Å². The quantitative estimate of drug-likeness (QED) is 0.662. The molecule has 0 spiro atoms. The van der Waals surface area contributed by atoms with Gasteiger partial charge in [0.25, 0.3) is 0 Å². The maximum atomic E-state index is 12.2. The zero-order chi connectivity index (χ0) is 17.6. The largest absolute Gasteiger partial charge is 0.396 e. The molecular weight excluding hydrogens is 344 g/mol. The number of rotatable bonds is 7. The molecule has 0 aliphatic carbocycles. The Morgan fingerprint density at radius 2 is 2.12 bits per heavy atom. The number of carbonyl (C=O) groups excluding carboxylic acids is 1. The molecule has 1 aromatic carbocycles. The van der Waals surface area contributed by atoms with E-state index in [1.165, 1.54) is 4.68 Å². The van der Waals surface area contributed by atoms with Crippen LogP contribution in [0.4, 0.5) is 5.82 Å². The van der Waals surface area contributed by atoms with Crippen molar-refractivity contribution in [2.75, 3.05) is 11.9 Å². The molecule has 2 N–H and O–H groups in total. The Morgan fingerprint density at radius 3 is 2.92 bits per heavy atom. The van der Waals surface area contributed by atoms with Crippen molar-refractivity contribution in [1.82, 2.24) is 24.8 Å². The van der Waals surface area contributed by atoms with Crippen LogP contribution in [0.3, 0.4) is 0 Å². The first-order chi connectivity index (χ1) is 12.2. The summed E-state index contributed by atoms with van der Waals surface area (Å²) in [5.41, 5.74) is 1.55. The van der Waals surface area contributed by atoms with E-state index >= 15 is 0 Å². The van der Waals surface area contributed by atoms with E-state index in [0.29, 0.717) is 29.5 Å². The Morgan fingerprint density at radius 1 is 1.28 bits per heavy atom. The van der Waals surface area contributed by atoms with Gasteiger partial charge in [-0.2, -0.15) is 5.10 Å². The lowest BCUT2D eigenvalue weighted by Crippen LogP contribution is -2.21. The highest BCUT2D eigenvalue weighted by molar-refractivity contribution is 6.31. The molecule has 2 aromatic heterocycles. The highest BCUT2D eigenvalue weighted by Gasteiger charge is 2.11. The van der Waals surface area contributed by atoms with Gasteiger partial charge in [-0.3, -0.25) is 4.79 Å². The highest BCUT2D eigenvalue weighted by atomic mass is 35.5. The molecule has 130 valence electrons. The molecule has 0 saturated carbocycles. The SMILES string of the molecule is O=C(Cn1cc(CCO)nn1)Nc1ccnn1Cc1ccccc1Cl. The first kappa shape index (κ1) is 17.1. The van der Waals surface area contributed by atoms with Crippen LogP contribution in [0.5, 0.6) is 0 Å². The minimum Gasteiger partial charge on any atom is -0.396 e. The number of hydrogen-bond donors (Lipinski definition) is 2. The number of carbonyl (C=O) groups is 1. The van der Waals surface area contributed by atoms with Crippen LogP contribution in [0, 0.1) is 0 Å². The normalized spacial score (nSPS) is 10.8. The second kappa shape index (κ2) is 7.91. The summed E-state index contributed by atoms with van der Waals surface area (Å²) >= 11 is 6.17. The minimum absolute atomic E-state index is 0.00782. The van der Waals surface area contributed by atoms with E-state index in [0.717, 1.165) is 5.56 Å². The Hall–Kier alpha value is -2.71. The molecule has 8 nitrogen and oxygen atoms in total. The van der Waals surface area contributed by atoms with E-state index in [9.17, 15) is 4.79 Å². The molecule has 0 bridgehead atoms. The third-order valence-electron chi connectivity index (χ3n) is 3.52. The van der Waals surface area contributed by atoms with Gasteiger partial charge in [0.15, 0.2) is 0 Å². The summed E-state index contributed by atoms with van der Waals surface area (Å²) in [4.78, 5) is 12.2. The standard InChI is InChI=1S/C16H17ClN6O2/c17-14-4-2-1-3-12(14)9-23-15(5-7-18-23)19-16(25)11-22-10-13(6-8-24)20-21-22/h1-5,7,10,24H,6,8-9,11H2,(H,19,25). The molecule has 9 heteroatoms. The average molecular weight is 361 g/mol. The fraction of sp³-hybridized carbons (Fsp3) is 0.250. The molecule has 0 aliphatic heterocycles. The zero-order valence-corrected chi connectivity index (χ0v) is 14.1. The van der Waals surface area contributed by atoms with Crippen LogP contribution < -0.4 is 5.32 Å². The maximum Gasteiger partial charge on any atom is 0.247 e. The highest BCUT2D eigenvalue weighted by Crippen LogP contribution is 2.18. The van der Waals surface area contributed by atoms with Crippen molar-refractivity contribution in [2.45, 2.75) is 19.5 Å². The summed E-state index contributed by atoms with van der Waals surface area (Å²) in [6.45, 7) is 0.466. The van der Waals surface area contributed by atoms with Crippen molar-refractivity contribution in [3.63, 3.8) is 0 Å². The van der Waals surface area contributed by atoms with E-state index in [-0.39, 0.29) is 19.1 Å².